The summed E-state index contributed by atoms with van der Waals surface area (Å²) in [7, 11) is 0. The summed E-state index contributed by atoms with van der Waals surface area (Å²) < 4.78 is 0. The number of amides is 1. The predicted molar refractivity (Wildman–Crippen MR) is 120 cm³/mol. The average Bonchev–Trinajstić information content (AvgIpc) is 3.37. The molecule has 0 fully saturated rings. The van der Waals surface area contributed by atoms with Crippen LogP contribution in [0.4, 0.5) is 5.95 Å². The Bertz CT molecular complexity index is 1300. The Morgan fingerprint density at radius 2 is 1.75 bits per heavy atom. The van der Waals surface area contributed by atoms with Crippen molar-refractivity contribution in [3.8, 4) is 0 Å². The van der Waals surface area contributed by atoms with Crippen LogP contribution in [-0.2, 0) is 16.0 Å². The van der Waals surface area contributed by atoms with Gasteiger partial charge in [0.2, 0.25) is 5.95 Å². The molecular weight excluding hydrogens is 404 g/mol. The average molecular weight is 424 g/mol. The first-order chi connectivity index (χ1) is 15.6. The van der Waals surface area contributed by atoms with Gasteiger partial charge >= 0.3 is 0 Å². The number of carbonyl (C=O) groups is 2. The number of hydrogen-bond donors (Lipinski definition) is 2. The molecule has 1 amide bonds. The van der Waals surface area contributed by atoms with Gasteiger partial charge in [0.15, 0.2) is 11.5 Å². The van der Waals surface area contributed by atoms with Crippen LogP contribution >= 0.6 is 0 Å². The minimum absolute atomic E-state index is 0.0464. The number of aromatic nitrogens is 3. The number of Topliss-reactive ketones (excluding diaryl/α,β-unsaturated/α-hetero) is 1. The van der Waals surface area contributed by atoms with Gasteiger partial charge in [0.25, 0.3) is 5.91 Å². The Balaban J connectivity index is 1.54. The molecule has 1 unspecified atom stereocenters. The quantitative estimate of drug-likeness (QED) is 0.486. The molecule has 5 rings (SSSR count). The molecule has 4 aromatic rings. The van der Waals surface area contributed by atoms with Crippen LogP contribution in [-0.4, -0.2) is 31.7 Å². The van der Waals surface area contributed by atoms with Crippen LogP contribution in [0.1, 0.15) is 23.7 Å². The van der Waals surface area contributed by atoms with E-state index in [-0.39, 0.29) is 23.7 Å². The number of aliphatic hydroxyl groups excluding tert-OH is 1. The van der Waals surface area contributed by atoms with Crippen molar-refractivity contribution in [1.82, 2.24) is 15.0 Å². The lowest BCUT2D eigenvalue weighted by atomic mass is 9.96. The summed E-state index contributed by atoms with van der Waals surface area (Å²) in [5, 5.41) is 10.8. The number of fused-ring (bicyclic) bond motifs is 1. The summed E-state index contributed by atoms with van der Waals surface area (Å²) in [6, 6.07) is 21.4. The Hall–Kier alpha value is -4.26. The van der Waals surface area contributed by atoms with Crippen molar-refractivity contribution in [3.63, 3.8) is 0 Å². The molecule has 3 heterocycles. The van der Waals surface area contributed by atoms with Gasteiger partial charge < -0.3 is 10.1 Å². The standard InChI is InChI=1S/C25H20N4O3/c30-20(14-13-16-8-2-1-3-9-16)21-22(19-12-6-7-15-26-19)29(24(32)23(21)31)25-27-17-10-4-5-11-18(17)28-25/h1-12,15,22,31H,13-14H2,(H,27,28). The molecule has 0 spiro atoms. The number of rotatable bonds is 6. The number of hydrogen-bond acceptors (Lipinski definition) is 5. The number of ketones is 1. The van der Waals surface area contributed by atoms with Crippen molar-refractivity contribution in [3.05, 3.63) is 102 Å². The first-order valence-electron chi connectivity index (χ1n) is 10.3. The summed E-state index contributed by atoms with van der Waals surface area (Å²) in [4.78, 5) is 39.7. The number of anilines is 1. The second-order valence-electron chi connectivity index (χ2n) is 7.58. The van der Waals surface area contributed by atoms with Gasteiger partial charge in [-0.1, -0.05) is 48.5 Å². The van der Waals surface area contributed by atoms with Gasteiger partial charge in [-0.2, -0.15) is 0 Å². The Morgan fingerprint density at radius 3 is 2.50 bits per heavy atom. The fourth-order valence-corrected chi connectivity index (χ4v) is 4.02. The summed E-state index contributed by atoms with van der Waals surface area (Å²) in [5.74, 6) is -1.28. The number of para-hydroxylation sites is 2. The van der Waals surface area contributed by atoms with E-state index in [9.17, 15) is 14.7 Å². The van der Waals surface area contributed by atoms with E-state index in [4.69, 9.17) is 0 Å². The highest BCUT2D eigenvalue weighted by molar-refractivity contribution is 6.16. The number of aliphatic hydroxyl groups is 1. The van der Waals surface area contributed by atoms with E-state index in [1.54, 1.807) is 24.4 Å². The molecule has 2 aromatic heterocycles. The van der Waals surface area contributed by atoms with Gasteiger partial charge in [-0.05, 0) is 36.2 Å². The molecule has 158 valence electrons. The van der Waals surface area contributed by atoms with Crippen LogP contribution in [0.15, 0.2) is 90.3 Å². The lowest BCUT2D eigenvalue weighted by molar-refractivity contribution is -0.118. The minimum atomic E-state index is -0.868. The van der Waals surface area contributed by atoms with Crippen molar-refractivity contribution in [2.75, 3.05) is 4.90 Å². The van der Waals surface area contributed by atoms with Crippen LogP contribution in [0.2, 0.25) is 0 Å². The maximum absolute atomic E-state index is 13.3. The monoisotopic (exact) mass is 424 g/mol. The molecule has 32 heavy (non-hydrogen) atoms. The zero-order valence-corrected chi connectivity index (χ0v) is 17.1. The van der Waals surface area contributed by atoms with Gasteiger partial charge in [0.1, 0.15) is 6.04 Å². The van der Waals surface area contributed by atoms with Gasteiger partial charge in [-0.15, -0.1) is 0 Å². The number of aromatic amines is 1. The molecule has 2 aromatic carbocycles. The van der Waals surface area contributed by atoms with E-state index in [1.165, 1.54) is 4.90 Å². The number of pyridine rings is 1. The topological polar surface area (TPSA) is 99.2 Å². The van der Waals surface area contributed by atoms with E-state index >= 15 is 0 Å². The van der Waals surface area contributed by atoms with Gasteiger partial charge in [-0.25, -0.2) is 4.98 Å². The maximum atomic E-state index is 13.3. The molecule has 0 saturated carbocycles. The van der Waals surface area contributed by atoms with Crippen molar-refractivity contribution < 1.29 is 14.7 Å². The molecule has 0 saturated heterocycles. The summed E-state index contributed by atoms with van der Waals surface area (Å²) in [6.45, 7) is 0. The third kappa shape index (κ3) is 3.43. The van der Waals surface area contributed by atoms with Gasteiger partial charge in [0.05, 0.1) is 22.3 Å². The normalized spacial score (nSPS) is 16.2. The maximum Gasteiger partial charge on any atom is 0.296 e. The van der Waals surface area contributed by atoms with E-state index in [0.717, 1.165) is 11.1 Å². The summed E-state index contributed by atoms with van der Waals surface area (Å²) >= 11 is 0. The first-order valence-corrected chi connectivity index (χ1v) is 10.3. The molecule has 1 atom stereocenters. The minimum Gasteiger partial charge on any atom is -0.503 e. The molecule has 0 bridgehead atoms. The number of nitrogens with zero attached hydrogens (tertiary/aromatic N) is 3. The number of aryl methyl sites for hydroxylation is 1. The molecule has 0 radical (unpaired) electrons. The smallest absolute Gasteiger partial charge is 0.296 e. The van der Waals surface area contributed by atoms with Crippen molar-refractivity contribution in [1.29, 1.82) is 0 Å². The third-order valence-electron chi connectivity index (χ3n) is 5.57. The fourth-order valence-electron chi connectivity index (χ4n) is 4.02. The summed E-state index contributed by atoms with van der Waals surface area (Å²) in [5.41, 5.74) is 2.96. The molecule has 2 N–H and O–H groups in total. The largest absolute Gasteiger partial charge is 0.503 e. The van der Waals surface area contributed by atoms with Crippen molar-refractivity contribution in [2.45, 2.75) is 18.9 Å². The SMILES string of the molecule is O=C(CCc1ccccc1)C1=C(O)C(=O)N(c2nc3ccccc3[nH]2)C1c1ccccn1. The zero-order chi connectivity index (χ0) is 22.1. The predicted octanol–water partition coefficient (Wildman–Crippen LogP) is 4.06. The van der Waals surface area contributed by atoms with Crippen LogP contribution in [0.3, 0.4) is 0 Å². The number of nitrogens with one attached hydrogen (secondary N) is 1. The van der Waals surface area contributed by atoms with E-state index < -0.39 is 17.7 Å². The van der Waals surface area contributed by atoms with Crippen molar-refractivity contribution >= 4 is 28.7 Å². The van der Waals surface area contributed by atoms with Gasteiger partial charge in [-0.3, -0.25) is 19.5 Å². The fraction of sp³-hybridized carbons (Fsp3) is 0.120. The Labute approximate surface area is 184 Å². The zero-order valence-electron chi connectivity index (χ0n) is 17.1. The van der Waals surface area contributed by atoms with E-state index in [0.29, 0.717) is 17.6 Å². The highest BCUT2D eigenvalue weighted by Gasteiger charge is 2.46. The third-order valence-corrected chi connectivity index (χ3v) is 5.57. The van der Waals surface area contributed by atoms with Crippen LogP contribution in [0.25, 0.3) is 11.0 Å². The highest BCUT2D eigenvalue weighted by Crippen LogP contribution is 2.40. The highest BCUT2D eigenvalue weighted by atomic mass is 16.3. The number of imidazole rings is 1. The number of carbonyl (C=O) groups excluding carboxylic acids is 2. The molecule has 7 heteroatoms. The van der Waals surface area contributed by atoms with Gasteiger partial charge in [0, 0.05) is 12.6 Å². The molecule has 1 aliphatic heterocycles. The van der Waals surface area contributed by atoms with Crippen LogP contribution in [0.5, 0.6) is 0 Å². The Kier molecular flexibility index (Phi) is 4.99. The second-order valence-corrected chi connectivity index (χ2v) is 7.58. The van der Waals surface area contributed by atoms with Crippen LogP contribution < -0.4 is 4.90 Å². The summed E-state index contributed by atoms with van der Waals surface area (Å²) in [6.07, 6.45) is 2.26. The molecule has 0 aliphatic carbocycles. The lowest BCUT2D eigenvalue weighted by Gasteiger charge is -2.23. The number of H-pyrrole nitrogens is 1. The van der Waals surface area contributed by atoms with Crippen LogP contribution in [0, 0.1) is 0 Å². The lowest BCUT2D eigenvalue weighted by Crippen LogP contribution is -2.32. The van der Waals surface area contributed by atoms with Crippen molar-refractivity contribution in [2.24, 2.45) is 0 Å². The van der Waals surface area contributed by atoms with E-state index in [1.807, 2.05) is 54.6 Å². The number of benzene rings is 2. The van der Waals surface area contributed by atoms with E-state index in [2.05, 4.69) is 15.0 Å². The second kappa shape index (κ2) is 8.11. The molecule has 7 nitrogen and oxygen atoms in total. The Morgan fingerprint density at radius 1 is 1.00 bits per heavy atom. The molecular formula is C25H20N4O3. The molecule has 1 aliphatic rings. The first kappa shape index (κ1) is 19.7.